The molecule has 9 nitrogen and oxygen atoms in total. The van der Waals surface area contributed by atoms with Crippen LogP contribution in [0, 0.1) is 22.7 Å². The summed E-state index contributed by atoms with van der Waals surface area (Å²) in [4.78, 5) is 20.0. The maximum atomic E-state index is 12.7. The van der Waals surface area contributed by atoms with E-state index in [-0.39, 0.29) is 22.6 Å². The lowest BCUT2D eigenvalue weighted by Crippen LogP contribution is -2.69. The molecular formula is C32H33ClN8O. The number of aromatic amines is 1. The average molecular weight is 581 g/mol. The highest BCUT2D eigenvalue weighted by Crippen LogP contribution is 2.60. The van der Waals surface area contributed by atoms with Gasteiger partial charge >= 0.3 is 0 Å². The molecule has 2 aromatic carbocycles. The minimum absolute atomic E-state index is 0.000826. The van der Waals surface area contributed by atoms with Gasteiger partial charge < -0.3 is 21.0 Å². The van der Waals surface area contributed by atoms with Gasteiger partial charge in [-0.2, -0.15) is 5.26 Å². The van der Waals surface area contributed by atoms with Crippen molar-refractivity contribution in [2.45, 2.75) is 51.6 Å². The van der Waals surface area contributed by atoms with Crippen molar-refractivity contribution >= 4 is 44.7 Å². The Bertz CT molecular complexity index is 1850. The number of pyridine rings is 2. The third-order valence-electron chi connectivity index (χ3n) is 8.73. The number of hydrogen-bond donors (Lipinski definition) is 5. The van der Waals surface area contributed by atoms with Crippen molar-refractivity contribution in [3.8, 4) is 6.07 Å². The number of halogens is 1. The highest BCUT2D eigenvalue weighted by Gasteiger charge is 2.60. The summed E-state index contributed by atoms with van der Waals surface area (Å²) in [5.74, 6) is 0.843. The Hall–Kier alpha value is -4.26. The first-order valence-corrected chi connectivity index (χ1v) is 14.7. The fraction of sp³-hybridized carbons (Fsp3) is 0.344. The van der Waals surface area contributed by atoms with Crippen molar-refractivity contribution in [2.24, 2.45) is 11.3 Å². The molecule has 214 valence electrons. The molecule has 0 amide bonds. The number of fused-ring (bicyclic) bond motifs is 2. The SMILES string of the molecule is CC(C)(C)CNc1c(C#N)cnc2c(Cl)cc(N[C@H](C3=CN(C45CC(C4)C5)NN3)c3cccc4c(=O)[nH]ccc34)cc12. The largest absolute Gasteiger partial charge is 0.383 e. The smallest absolute Gasteiger partial charge is 0.255 e. The number of aromatic nitrogens is 2. The van der Waals surface area contributed by atoms with Crippen LogP contribution in [-0.4, -0.2) is 27.1 Å². The Balaban J connectivity index is 1.34. The van der Waals surface area contributed by atoms with Crippen LogP contribution in [0.25, 0.3) is 21.7 Å². The highest BCUT2D eigenvalue weighted by atomic mass is 35.5. The van der Waals surface area contributed by atoms with Crippen LogP contribution in [0.5, 0.6) is 0 Å². The first-order valence-electron chi connectivity index (χ1n) is 14.3. The minimum Gasteiger partial charge on any atom is -0.383 e. The van der Waals surface area contributed by atoms with Gasteiger partial charge in [0.15, 0.2) is 0 Å². The molecule has 0 spiro atoms. The number of H-pyrrole nitrogens is 1. The molecule has 4 aliphatic rings. The summed E-state index contributed by atoms with van der Waals surface area (Å²) in [5.41, 5.74) is 11.3. The number of nitrogens with one attached hydrogen (secondary N) is 5. The van der Waals surface area contributed by atoms with Crippen molar-refractivity contribution in [3.05, 3.63) is 87.2 Å². The van der Waals surface area contributed by atoms with E-state index in [1.807, 2.05) is 36.4 Å². The summed E-state index contributed by atoms with van der Waals surface area (Å²) in [6.45, 7) is 7.09. The molecule has 4 aromatic rings. The summed E-state index contributed by atoms with van der Waals surface area (Å²) < 4.78 is 0. The highest BCUT2D eigenvalue weighted by molar-refractivity contribution is 6.35. The zero-order valence-corrected chi connectivity index (χ0v) is 24.6. The molecule has 1 atom stereocenters. The zero-order chi connectivity index (χ0) is 29.2. The van der Waals surface area contributed by atoms with Gasteiger partial charge in [-0.25, -0.2) is 0 Å². The molecule has 0 saturated heterocycles. The molecule has 3 heterocycles. The van der Waals surface area contributed by atoms with Gasteiger partial charge in [0.05, 0.1) is 39.1 Å². The van der Waals surface area contributed by atoms with E-state index in [2.05, 4.69) is 69.6 Å². The van der Waals surface area contributed by atoms with E-state index < -0.39 is 0 Å². The monoisotopic (exact) mass is 580 g/mol. The van der Waals surface area contributed by atoms with E-state index >= 15 is 0 Å². The van der Waals surface area contributed by atoms with Crippen molar-refractivity contribution in [3.63, 3.8) is 0 Å². The van der Waals surface area contributed by atoms with Crippen LogP contribution in [0.3, 0.4) is 0 Å². The van der Waals surface area contributed by atoms with Crippen LogP contribution in [0.15, 0.2) is 65.5 Å². The molecule has 3 fully saturated rings. The second kappa shape index (κ2) is 9.65. The number of hydrogen-bond acceptors (Lipinski definition) is 8. The predicted molar refractivity (Wildman–Crippen MR) is 167 cm³/mol. The molecule has 3 aliphatic carbocycles. The number of hydrazine groups is 2. The average Bonchev–Trinajstić information content (AvgIpc) is 3.37. The van der Waals surface area contributed by atoms with Crippen molar-refractivity contribution < 1.29 is 0 Å². The second-order valence-electron chi connectivity index (χ2n) is 13.0. The molecule has 42 heavy (non-hydrogen) atoms. The van der Waals surface area contributed by atoms with Gasteiger partial charge in [-0.1, -0.05) is 44.5 Å². The Morgan fingerprint density at radius 2 is 2.00 bits per heavy atom. The molecule has 3 saturated carbocycles. The Kier molecular flexibility index (Phi) is 6.12. The van der Waals surface area contributed by atoms with Crippen LogP contribution in [0.1, 0.15) is 57.2 Å². The van der Waals surface area contributed by atoms with Gasteiger partial charge in [0, 0.05) is 41.6 Å². The van der Waals surface area contributed by atoms with Gasteiger partial charge in [-0.05, 0) is 65.8 Å². The summed E-state index contributed by atoms with van der Waals surface area (Å²) in [6.07, 6.45) is 9.00. The third-order valence-corrected chi connectivity index (χ3v) is 9.02. The maximum Gasteiger partial charge on any atom is 0.255 e. The molecule has 8 rings (SSSR count). The van der Waals surface area contributed by atoms with Crippen molar-refractivity contribution in [1.29, 1.82) is 5.26 Å². The Labute approximate surface area is 248 Å². The van der Waals surface area contributed by atoms with Crippen LogP contribution in [-0.2, 0) is 0 Å². The van der Waals surface area contributed by atoms with Crippen LogP contribution in [0.4, 0.5) is 11.4 Å². The number of nitriles is 1. The van der Waals surface area contributed by atoms with E-state index in [9.17, 15) is 10.1 Å². The molecule has 2 bridgehead atoms. The molecule has 1 aliphatic heterocycles. The molecule has 2 aromatic heterocycles. The fourth-order valence-electron chi connectivity index (χ4n) is 6.42. The van der Waals surface area contributed by atoms with Gasteiger partial charge in [0.25, 0.3) is 5.56 Å². The van der Waals surface area contributed by atoms with Crippen LogP contribution < -0.4 is 27.2 Å². The molecule has 0 radical (unpaired) electrons. The lowest BCUT2D eigenvalue weighted by atomic mass is 9.49. The van der Waals surface area contributed by atoms with Gasteiger partial charge in [0.2, 0.25) is 0 Å². The van der Waals surface area contributed by atoms with E-state index in [0.29, 0.717) is 33.7 Å². The number of rotatable bonds is 7. The van der Waals surface area contributed by atoms with E-state index in [1.165, 1.54) is 19.3 Å². The second-order valence-corrected chi connectivity index (χ2v) is 13.4. The minimum atomic E-state index is -0.341. The standard InChI is InChI=1S/C32H33ClN8O/c1-31(2,3)17-37-27-19(14-34)15-36-28-24(27)9-20(10-25(28)33)38-29(22-5-4-6-23-21(22)7-8-35-30(23)42)26-16-41(40-39-26)32-11-18(12-32)13-32/h4-10,15-16,18,29,38-40H,11-13,17H2,1-3H3,(H,35,42)(H,36,37)/t18?,29-,32?/m0/s1. The predicted octanol–water partition coefficient (Wildman–Crippen LogP) is 5.93. The lowest BCUT2D eigenvalue weighted by Gasteiger charge is -2.64. The van der Waals surface area contributed by atoms with E-state index in [0.717, 1.165) is 33.6 Å². The Morgan fingerprint density at radius 1 is 1.19 bits per heavy atom. The first-order chi connectivity index (χ1) is 20.1. The normalized spacial score (nSPS) is 21.6. The van der Waals surface area contributed by atoms with Crippen LogP contribution >= 0.6 is 11.6 Å². The third kappa shape index (κ3) is 4.42. The summed E-state index contributed by atoms with van der Waals surface area (Å²) >= 11 is 6.83. The van der Waals surface area contributed by atoms with Gasteiger partial charge in [0.1, 0.15) is 6.07 Å². The summed E-state index contributed by atoms with van der Waals surface area (Å²) in [7, 11) is 0. The summed E-state index contributed by atoms with van der Waals surface area (Å²) in [5, 5.41) is 22.0. The van der Waals surface area contributed by atoms with E-state index in [4.69, 9.17) is 11.6 Å². The van der Waals surface area contributed by atoms with E-state index in [1.54, 1.807) is 12.4 Å². The molecule has 10 heteroatoms. The topological polar surface area (TPSA) is 121 Å². The quantitative estimate of drug-likeness (QED) is 0.182. The number of anilines is 2. The van der Waals surface area contributed by atoms with Crippen LogP contribution in [0.2, 0.25) is 5.02 Å². The fourth-order valence-corrected chi connectivity index (χ4v) is 6.69. The summed E-state index contributed by atoms with van der Waals surface area (Å²) in [6, 6.07) is 13.5. The van der Waals surface area contributed by atoms with Gasteiger partial charge in [-0.15, -0.1) is 5.53 Å². The number of nitrogens with zero attached hydrogens (tertiary/aromatic N) is 3. The van der Waals surface area contributed by atoms with Crippen molar-refractivity contribution in [2.75, 3.05) is 17.2 Å². The van der Waals surface area contributed by atoms with Crippen molar-refractivity contribution in [1.82, 2.24) is 25.9 Å². The molecule has 0 unspecified atom stereocenters. The molecule has 5 N–H and O–H groups in total. The lowest BCUT2D eigenvalue weighted by molar-refractivity contribution is -0.141. The number of benzene rings is 2. The van der Waals surface area contributed by atoms with Gasteiger partial charge in [-0.3, -0.25) is 14.8 Å². The molecular weight excluding hydrogens is 548 g/mol. The Morgan fingerprint density at radius 3 is 2.71 bits per heavy atom. The zero-order valence-electron chi connectivity index (χ0n) is 23.8. The maximum absolute atomic E-state index is 12.7. The first kappa shape index (κ1) is 26.6.